The van der Waals surface area contributed by atoms with Crippen molar-refractivity contribution in [3.8, 4) is 0 Å². The number of benzene rings is 1. The highest BCUT2D eigenvalue weighted by molar-refractivity contribution is 7.99. The number of nitrogens with zero attached hydrogens (tertiary/aromatic N) is 1. The van der Waals surface area contributed by atoms with Gasteiger partial charge in [-0.05, 0) is 19.1 Å². The Labute approximate surface area is 136 Å². The molecule has 2 heterocycles. The van der Waals surface area contributed by atoms with Gasteiger partial charge in [-0.25, -0.2) is 4.98 Å². The number of aromatic nitrogens is 2. The Morgan fingerprint density at radius 2 is 2.22 bits per heavy atom. The maximum Gasteiger partial charge on any atom is 0.251 e. The molecule has 1 atom stereocenters. The van der Waals surface area contributed by atoms with Crippen LogP contribution in [0.2, 0.25) is 0 Å². The van der Waals surface area contributed by atoms with E-state index >= 15 is 0 Å². The van der Waals surface area contributed by atoms with Gasteiger partial charge in [-0.1, -0.05) is 30.0 Å². The molecule has 3 aromatic rings. The average Bonchev–Trinajstić information content (AvgIpc) is 2.97. The third-order valence-corrected chi connectivity index (χ3v) is 4.12. The number of H-pyrrole nitrogens is 1. The van der Waals surface area contributed by atoms with Crippen molar-refractivity contribution < 1.29 is 9.21 Å². The zero-order valence-electron chi connectivity index (χ0n) is 12.4. The lowest BCUT2D eigenvalue weighted by Crippen LogP contribution is -2.28. The molecule has 6 nitrogen and oxygen atoms in total. The molecule has 0 aliphatic heterocycles. The van der Waals surface area contributed by atoms with Gasteiger partial charge in [-0.15, -0.1) is 0 Å². The fraction of sp³-hybridized carbons (Fsp3) is 0.188. The summed E-state index contributed by atoms with van der Waals surface area (Å²) in [6, 6.07) is 10.7. The van der Waals surface area contributed by atoms with Crippen molar-refractivity contribution in [2.24, 2.45) is 0 Å². The van der Waals surface area contributed by atoms with Crippen LogP contribution in [0.3, 0.4) is 0 Å². The van der Waals surface area contributed by atoms with Gasteiger partial charge in [0.25, 0.3) is 5.56 Å². The van der Waals surface area contributed by atoms with Gasteiger partial charge < -0.3 is 14.7 Å². The molecule has 0 saturated carbocycles. The second kappa shape index (κ2) is 6.70. The normalized spacial score (nSPS) is 12.2. The second-order valence-corrected chi connectivity index (χ2v) is 5.97. The Kier molecular flexibility index (Phi) is 4.47. The topological polar surface area (TPSA) is 88.0 Å². The van der Waals surface area contributed by atoms with Crippen LogP contribution in [0.4, 0.5) is 0 Å². The maximum atomic E-state index is 12.0. The van der Waals surface area contributed by atoms with Gasteiger partial charge in [-0.3, -0.25) is 9.59 Å². The predicted molar refractivity (Wildman–Crippen MR) is 88.4 cm³/mol. The van der Waals surface area contributed by atoms with Crippen LogP contribution in [0, 0.1) is 0 Å². The summed E-state index contributed by atoms with van der Waals surface area (Å²) < 4.78 is 5.73. The van der Waals surface area contributed by atoms with E-state index in [2.05, 4.69) is 15.3 Å². The van der Waals surface area contributed by atoms with Gasteiger partial charge in [0.15, 0.2) is 5.16 Å². The Balaban J connectivity index is 1.59. The van der Waals surface area contributed by atoms with Crippen molar-refractivity contribution in [1.29, 1.82) is 0 Å². The Bertz CT molecular complexity index is 854. The molecule has 0 bridgehead atoms. The Morgan fingerprint density at radius 3 is 3.00 bits per heavy atom. The van der Waals surface area contributed by atoms with Crippen LogP contribution < -0.4 is 10.9 Å². The molecule has 0 unspecified atom stereocenters. The highest BCUT2D eigenvalue weighted by Crippen LogP contribution is 2.23. The summed E-state index contributed by atoms with van der Waals surface area (Å²) in [4.78, 5) is 29.7. The molecule has 3 rings (SSSR count). The van der Waals surface area contributed by atoms with Gasteiger partial charge >= 0.3 is 0 Å². The largest absolute Gasteiger partial charge is 0.459 e. The molecule has 0 spiro atoms. The third-order valence-electron chi connectivity index (χ3n) is 3.24. The minimum atomic E-state index is -0.238. The monoisotopic (exact) mass is 329 g/mol. The van der Waals surface area contributed by atoms with Crippen molar-refractivity contribution in [2.45, 2.75) is 18.1 Å². The minimum Gasteiger partial charge on any atom is -0.459 e. The number of fused-ring (bicyclic) bond motifs is 1. The first-order chi connectivity index (χ1) is 11.1. The first kappa shape index (κ1) is 15.4. The highest BCUT2D eigenvalue weighted by Gasteiger charge is 2.14. The number of rotatable bonds is 5. The number of hydrogen-bond acceptors (Lipinski definition) is 5. The van der Waals surface area contributed by atoms with Crippen LogP contribution in [0.25, 0.3) is 11.0 Å². The first-order valence-electron chi connectivity index (χ1n) is 7.08. The molecule has 1 aromatic carbocycles. The van der Waals surface area contributed by atoms with Crippen molar-refractivity contribution in [1.82, 2.24) is 15.3 Å². The van der Waals surface area contributed by atoms with E-state index in [0.717, 1.165) is 11.0 Å². The number of aromatic amines is 1. The summed E-state index contributed by atoms with van der Waals surface area (Å²) >= 11 is 1.18. The molecule has 2 N–H and O–H groups in total. The molecule has 0 aliphatic rings. The molecule has 0 aliphatic carbocycles. The summed E-state index contributed by atoms with van der Waals surface area (Å²) in [6.07, 6.45) is 1.41. The number of carbonyl (C=O) groups excluding carboxylic acids is 1. The van der Waals surface area contributed by atoms with E-state index < -0.39 is 0 Å². The third kappa shape index (κ3) is 3.81. The number of carbonyl (C=O) groups is 1. The lowest BCUT2D eigenvalue weighted by molar-refractivity contribution is -0.119. The lowest BCUT2D eigenvalue weighted by Gasteiger charge is -2.10. The molecule has 0 fully saturated rings. The molecule has 118 valence electrons. The molecule has 0 saturated heterocycles. The summed E-state index contributed by atoms with van der Waals surface area (Å²) in [6.45, 7) is 1.86. The Morgan fingerprint density at radius 1 is 1.39 bits per heavy atom. The van der Waals surface area contributed by atoms with Crippen LogP contribution in [-0.2, 0) is 4.79 Å². The van der Waals surface area contributed by atoms with E-state index in [1.807, 2.05) is 37.3 Å². The minimum absolute atomic E-state index is 0.158. The number of para-hydroxylation sites is 1. The standard InChI is InChI=1S/C16H15N3O3S/c1-10(13-8-11-4-2-3-5-12(11)22-13)18-15(21)9-23-16-17-7-6-14(20)19-16/h2-8,10H,9H2,1H3,(H,18,21)(H,17,19,20)/t10-/m0/s1. The first-order valence-corrected chi connectivity index (χ1v) is 8.06. The van der Waals surface area contributed by atoms with Gasteiger partial charge in [0.05, 0.1) is 11.8 Å². The number of nitrogens with one attached hydrogen (secondary N) is 2. The molecular weight excluding hydrogens is 314 g/mol. The maximum absolute atomic E-state index is 12.0. The van der Waals surface area contributed by atoms with E-state index in [9.17, 15) is 9.59 Å². The zero-order chi connectivity index (χ0) is 16.2. The van der Waals surface area contributed by atoms with Crippen molar-refractivity contribution >= 4 is 28.6 Å². The summed E-state index contributed by atoms with van der Waals surface area (Å²) in [7, 11) is 0. The van der Waals surface area contributed by atoms with E-state index in [1.165, 1.54) is 24.0 Å². The molecule has 1 amide bonds. The van der Waals surface area contributed by atoms with Crippen LogP contribution >= 0.6 is 11.8 Å². The Hall–Kier alpha value is -2.54. The molecular formula is C16H15N3O3S. The predicted octanol–water partition coefficient (Wildman–Crippen LogP) is 2.49. The van der Waals surface area contributed by atoms with Crippen LogP contribution in [0.1, 0.15) is 18.7 Å². The molecule has 0 radical (unpaired) electrons. The lowest BCUT2D eigenvalue weighted by atomic mass is 10.2. The van der Waals surface area contributed by atoms with E-state index in [-0.39, 0.29) is 23.3 Å². The zero-order valence-corrected chi connectivity index (χ0v) is 13.2. The molecule has 7 heteroatoms. The SMILES string of the molecule is C[C@H](NC(=O)CSc1nccc(=O)[nH]1)c1cc2ccccc2o1. The number of hydrogen-bond donors (Lipinski definition) is 2. The smallest absolute Gasteiger partial charge is 0.251 e. The van der Waals surface area contributed by atoms with Crippen LogP contribution in [0.15, 0.2) is 57.0 Å². The number of thioether (sulfide) groups is 1. The number of furan rings is 1. The summed E-state index contributed by atoms with van der Waals surface area (Å²) in [5, 5.41) is 4.29. The van der Waals surface area contributed by atoms with Crippen molar-refractivity contribution in [3.63, 3.8) is 0 Å². The average molecular weight is 329 g/mol. The fourth-order valence-electron chi connectivity index (χ4n) is 2.13. The van der Waals surface area contributed by atoms with Gasteiger partial charge in [0.2, 0.25) is 5.91 Å². The van der Waals surface area contributed by atoms with Crippen molar-refractivity contribution in [3.05, 3.63) is 58.7 Å². The number of amides is 1. The highest BCUT2D eigenvalue weighted by atomic mass is 32.2. The van der Waals surface area contributed by atoms with Gasteiger partial charge in [-0.2, -0.15) is 0 Å². The summed E-state index contributed by atoms with van der Waals surface area (Å²) in [5.41, 5.74) is 0.558. The van der Waals surface area contributed by atoms with E-state index in [0.29, 0.717) is 10.9 Å². The van der Waals surface area contributed by atoms with Crippen LogP contribution in [0.5, 0.6) is 0 Å². The fourth-order valence-corrected chi connectivity index (χ4v) is 2.79. The molecule has 23 heavy (non-hydrogen) atoms. The van der Waals surface area contributed by atoms with Crippen molar-refractivity contribution in [2.75, 3.05) is 5.75 Å². The van der Waals surface area contributed by atoms with Gasteiger partial charge in [0.1, 0.15) is 11.3 Å². The molecule has 2 aromatic heterocycles. The second-order valence-electron chi connectivity index (χ2n) is 5.00. The van der Waals surface area contributed by atoms with E-state index in [1.54, 1.807) is 0 Å². The quantitative estimate of drug-likeness (QED) is 0.554. The van der Waals surface area contributed by atoms with Crippen LogP contribution in [-0.4, -0.2) is 21.6 Å². The van der Waals surface area contributed by atoms with E-state index in [4.69, 9.17) is 4.42 Å². The summed E-state index contributed by atoms with van der Waals surface area (Å²) in [5.74, 6) is 0.711. The van der Waals surface area contributed by atoms with Gasteiger partial charge in [0, 0.05) is 17.6 Å².